The highest BCUT2D eigenvalue weighted by molar-refractivity contribution is 5.66. The van der Waals surface area contributed by atoms with E-state index >= 15 is 0 Å². The normalized spacial score (nSPS) is 53.2. The van der Waals surface area contributed by atoms with E-state index in [0.717, 1.165) is 32.1 Å². The predicted molar refractivity (Wildman–Crippen MR) is 176 cm³/mol. The molecule has 4 aliphatic carbocycles. The van der Waals surface area contributed by atoms with Gasteiger partial charge in [-0.15, -0.1) is 0 Å². The molecule has 2 aliphatic heterocycles. The first-order valence-electron chi connectivity index (χ1n) is 18.5. The number of fused-ring (bicyclic) bond motifs is 5. The van der Waals surface area contributed by atoms with Gasteiger partial charge in [-0.1, -0.05) is 39.3 Å². The molecule has 5 fully saturated rings. The lowest BCUT2D eigenvalue weighted by atomic mass is 9.47. The molecule has 12 heteroatoms. The fourth-order valence-corrected chi connectivity index (χ4v) is 11.6. The zero-order chi connectivity index (χ0) is 35.8. The smallest absolute Gasteiger partial charge is 0.302 e. The monoisotopic (exact) mass is 696 g/mol. The molecule has 0 aromatic heterocycles. The first-order valence-corrected chi connectivity index (χ1v) is 18.5. The van der Waals surface area contributed by atoms with Crippen LogP contribution in [-0.2, 0) is 23.7 Å². The molecule has 2 heterocycles. The minimum absolute atomic E-state index is 0.00469. The lowest BCUT2D eigenvalue weighted by Gasteiger charge is -2.59. The zero-order valence-corrected chi connectivity index (χ0v) is 29.9. The molecule has 6 rings (SSSR count). The largest absolute Gasteiger partial charge is 0.463 e. The maximum atomic E-state index is 12.7. The summed E-state index contributed by atoms with van der Waals surface area (Å²) in [7, 11) is 0. The van der Waals surface area contributed by atoms with Crippen LogP contribution in [0.4, 0.5) is 0 Å². The summed E-state index contributed by atoms with van der Waals surface area (Å²) in [6.07, 6.45) is -1.35. The third kappa shape index (κ3) is 5.75. The van der Waals surface area contributed by atoms with E-state index in [1.54, 1.807) is 0 Å². The molecule has 18 atom stereocenters. The topological polar surface area (TPSA) is 196 Å². The second-order valence-electron chi connectivity index (χ2n) is 17.0. The van der Waals surface area contributed by atoms with Crippen molar-refractivity contribution in [1.29, 1.82) is 0 Å². The van der Waals surface area contributed by atoms with Gasteiger partial charge in [0.2, 0.25) is 0 Å². The first-order chi connectivity index (χ1) is 23.0. The third-order valence-electron chi connectivity index (χ3n) is 14.6. The average molecular weight is 697 g/mol. The number of rotatable bonds is 8. The van der Waals surface area contributed by atoms with E-state index < -0.39 is 84.1 Å². The number of esters is 1. The quantitative estimate of drug-likeness (QED) is 0.143. The average Bonchev–Trinajstić information content (AvgIpc) is 3.45. The second kappa shape index (κ2) is 13.3. The lowest BCUT2D eigenvalue weighted by molar-refractivity contribution is -0.315. The molecule has 7 N–H and O–H groups in total. The van der Waals surface area contributed by atoms with Crippen LogP contribution in [-0.4, -0.2) is 121 Å². The summed E-state index contributed by atoms with van der Waals surface area (Å²) in [5, 5.41) is 76.6. The predicted octanol–water partition coefficient (Wildman–Crippen LogP) is 1.58. The molecule has 3 saturated carbocycles. The van der Waals surface area contributed by atoms with Gasteiger partial charge >= 0.3 is 5.97 Å². The number of ether oxygens (including phenoxy) is 4. The fourth-order valence-electron chi connectivity index (χ4n) is 11.6. The fraction of sp³-hybridized carbons (Fsp3) is 0.919. The number of aliphatic hydroxyl groups is 7. The van der Waals surface area contributed by atoms with Crippen LogP contribution in [0.1, 0.15) is 92.9 Å². The number of carbonyl (C=O) groups excluding carboxylic acids is 1. The maximum absolute atomic E-state index is 12.7. The van der Waals surface area contributed by atoms with Gasteiger partial charge in [0.05, 0.1) is 31.0 Å². The molecule has 0 bridgehead atoms. The molecule has 0 spiro atoms. The maximum Gasteiger partial charge on any atom is 0.302 e. The Morgan fingerprint density at radius 2 is 1.71 bits per heavy atom. The Kier molecular flexibility index (Phi) is 10.2. The van der Waals surface area contributed by atoms with E-state index in [0.29, 0.717) is 25.2 Å². The summed E-state index contributed by atoms with van der Waals surface area (Å²) in [6, 6.07) is 0. The molecular formula is C37H60O12. The molecular weight excluding hydrogens is 636 g/mol. The van der Waals surface area contributed by atoms with Crippen molar-refractivity contribution < 1.29 is 59.5 Å². The SMILES string of the molecule is CC[C@H]1[C@H](O)[C@H]([C@@H](C)[C@@]2(O)[C@H](O)C[C@H]3C4=CC[C@@H]5C[C@H](O[C@@H]6O[C@H](CO)[C@@H](O)[C@H](O)[C@H]6O)CC[C@]5(C)C4CC[C@@]32C)O[C@]1(C)COC(C)=O. The van der Waals surface area contributed by atoms with Gasteiger partial charge in [0.25, 0.3) is 0 Å². The minimum Gasteiger partial charge on any atom is -0.463 e. The molecule has 280 valence electrons. The molecule has 6 aliphatic rings. The molecule has 0 aromatic carbocycles. The highest BCUT2D eigenvalue weighted by atomic mass is 16.7. The number of aliphatic hydroxyl groups excluding tert-OH is 6. The number of carbonyl (C=O) groups is 1. The van der Waals surface area contributed by atoms with Crippen molar-refractivity contribution in [2.24, 2.45) is 40.4 Å². The minimum atomic E-state index is -1.52. The van der Waals surface area contributed by atoms with Crippen LogP contribution < -0.4 is 0 Å². The van der Waals surface area contributed by atoms with Crippen molar-refractivity contribution in [3.63, 3.8) is 0 Å². The lowest BCUT2D eigenvalue weighted by Crippen LogP contribution is -2.61. The van der Waals surface area contributed by atoms with Gasteiger partial charge in [0.1, 0.15) is 42.2 Å². The molecule has 2 saturated heterocycles. The van der Waals surface area contributed by atoms with Crippen LogP contribution in [0.3, 0.4) is 0 Å². The van der Waals surface area contributed by atoms with E-state index in [1.807, 2.05) is 20.8 Å². The van der Waals surface area contributed by atoms with Gasteiger partial charge < -0.3 is 54.7 Å². The van der Waals surface area contributed by atoms with Crippen molar-refractivity contribution in [3.05, 3.63) is 11.6 Å². The highest BCUT2D eigenvalue weighted by Crippen LogP contribution is 2.68. The number of allylic oxidation sites excluding steroid dienone is 2. The van der Waals surface area contributed by atoms with Crippen molar-refractivity contribution >= 4 is 5.97 Å². The Morgan fingerprint density at radius 1 is 1.00 bits per heavy atom. The molecule has 12 nitrogen and oxygen atoms in total. The van der Waals surface area contributed by atoms with E-state index in [4.69, 9.17) is 18.9 Å². The van der Waals surface area contributed by atoms with E-state index in [9.17, 15) is 40.5 Å². The number of hydrogen-bond donors (Lipinski definition) is 7. The molecule has 0 radical (unpaired) electrons. The first kappa shape index (κ1) is 37.6. The van der Waals surface area contributed by atoms with Crippen molar-refractivity contribution in [2.45, 2.75) is 159 Å². The van der Waals surface area contributed by atoms with Crippen molar-refractivity contribution in [2.75, 3.05) is 13.2 Å². The van der Waals surface area contributed by atoms with Gasteiger partial charge in [-0.05, 0) is 81.5 Å². The Hall–Kier alpha value is -1.19. The van der Waals surface area contributed by atoms with Crippen LogP contribution >= 0.6 is 0 Å². The summed E-state index contributed by atoms with van der Waals surface area (Å²) in [5.41, 5.74) is -1.82. The molecule has 0 amide bonds. The highest BCUT2D eigenvalue weighted by Gasteiger charge is 2.70. The molecule has 1 unspecified atom stereocenters. The van der Waals surface area contributed by atoms with Crippen LogP contribution in [0, 0.1) is 40.4 Å². The third-order valence-corrected chi connectivity index (χ3v) is 14.6. The summed E-state index contributed by atoms with van der Waals surface area (Å²) >= 11 is 0. The Labute approximate surface area is 289 Å². The van der Waals surface area contributed by atoms with Crippen molar-refractivity contribution in [3.8, 4) is 0 Å². The van der Waals surface area contributed by atoms with Gasteiger partial charge in [-0.3, -0.25) is 4.79 Å². The second-order valence-corrected chi connectivity index (χ2v) is 17.0. The van der Waals surface area contributed by atoms with E-state index in [-0.39, 0.29) is 35.9 Å². The zero-order valence-electron chi connectivity index (χ0n) is 29.9. The summed E-state index contributed by atoms with van der Waals surface area (Å²) < 4.78 is 23.7. The number of hydrogen-bond acceptors (Lipinski definition) is 12. The van der Waals surface area contributed by atoms with E-state index in [2.05, 4.69) is 19.9 Å². The van der Waals surface area contributed by atoms with Crippen LogP contribution in [0.2, 0.25) is 0 Å². The van der Waals surface area contributed by atoms with Crippen molar-refractivity contribution in [1.82, 2.24) is 0 Å². The molecule has 0 aromatic rings. The Bertz CT molecular complexity index is 1260. The van der Waals surface area contributed by atoms with Crippen LogP contribution in [0.15, 0.2) is 11.6 Å². The summed E-state index contributed by atoms with van der Waals surface area (Å²) in [6.45, 7) is 11.0. The van der Waals surface area contributed by atoms with Crippen LogP contribution in [0.5, 0.6) is 0 Å². The summed E-state index contributed by atoms with van der Waals surface area (Å²) in [4.78, 5) is 11.7. The standard InChI is InChI=1S/C37H60O12/c1-7-23-28(41)32(49-36(23,6)17-46-19(3)39)18(2)37(45)27(40)15-25-22-9-8-20-14-21(10-12-34(20,4)24(22)11-13-35(25,37)5)47-33-31(44)30(43)29(42)26(16-38)48-33/h9,18,20-21,23-33,38,40-45H,7-8,10-17H2,1-6H3/t18-,20-,21-,23+,24?,25+,26-,27-,28+,29-,30+,31-,32+,33-,34+,35+,36-,37-/m1/s1. The Balaban J connectivity index is 1.19. The summed E-state index contributed by atoms with van der Waals surface area (Å²) in [5.74, 6) is -0.802. The van der Waals surface area contributed by atoms with Gasteiger partial charge in [0.15, 0.2) is 6.29 Å². The van der Waals surface area contributed by atoms with E-state index in [1.165, 1.54) is 12.5 Å². The van der Waals surface area contributed by atoms with Crippen LogP contribution in [0.25, 0.3) is 0 Å². The molecule has 49 heavy (non-hydrogen) atoms. The Morgan fingerprint density at radius 3 is 2.37 bits per heavy atom. The van der Waals surface area contributed by atoms with Gasteiger partial charge in [-0.2, -0.15) is 0 Å². The van der Waals surface area contributed by atoms with Gasteiger partial charge in [-0.25, -0.2) is 0 Å². The van der Waals surface area contributed by atoms with Gasteiger partial charge in [0, 0.05) is 24.2 Å².